The fourth-order valence-electron chi connectivity index (χ4n) is 2.36. The molecule has 0 aliphatic rings. The number of nitrogens with one attached hydrogen (secondary N) is 2. The van der Waals surface area contributed by atoms with Crippen molar-refractivity contribution in [3.05, 3.63) is 83.7 Å². The fourth-order valence-corrected chi connectivity index (χ4v) is 2.36. The highest BCUT2D eigenvalue weighted by atomic mass is 16.1. The van der Waals surface area contributed by atoms with Crippen LogP contribution in [0.25, 0.3) is 0 Å². The summed E-state index contributed by atoms with van der Waals surface area (Å²) in [5.41, 5.74) is 5.74. The molecule has 1 heterocycles. The number of pyridine rings is 1. The van der Waals surface area contributed by atoms with Crippen molar-refractivity contribution in [1.29, 1.82) is 0 Å². The molecule has 0 bridgehead atoms. The first-order valence-corrected chi connectivity index (χ1v) is 7.77. The molecule has 1 aromatic heterocycles. The molecule has 0 atom stereocenters. The van der Waals surface area contributed by atoms with E-state index in [9.17, 15) is 4.79 Å². The third-order valence-corrected chi connectivity index (χ3v) is 3.74. The van der Waals surface area contributed by atoms with Crippen molar-refractivity contribution in [3.63, 3.8) is 0 Å². The van der Waals surface area contributed by atoms with Crippen molar-refractivity contribution < 1.29 is 4.79 Å². The summed E-state index contributed by atoms with van der Waals surface area (Å²) >= 11 is 0. The molecule has 0 radical (unpaired) electrons. The quantitative estimate of drug-likeness (QED) is 0.733. The van der Waals surface area contributed by atoms with Crippen LogP contribution in [0.4, 0.5) is 17.1 Å². The summed E-state index contributed by atoms with van der Waals surface area (Å²) in [7, 11) is 0. The summed E-state index contributed by atoms with van der Waals surface area (Å²) < 4.78 is 0. The van der Waals surface area contributed by atoms with E-state index in [1.165, 1.54) is 11.1 Å². The Balaban J connectivity index is 1.69. The third kappa shape index (κ3) is 3.79. The van der Waals surface area contributed by atoms with Gasteiger partial charge in [0.1, 0.15) is 0 Å². The molecule has 4 nitrogen and oxygen atoms in total. The standard InChI is InChI=1S/C20H19N3O/c1-14-5-6-15(2)19(12-14)22-17-7-9-18(10-8-17)23-20(24)16-4-3-11-21-13-16/h3-13,22H,1-2H3,(H,23,24). The van der Waals surface area contributed by atoms with Crippen LogP contribution in [0.5, 0.6) is 0 Å². The summed E-state index contributed by atoms with van der Waals surface area (Å²) in [4.78, 5) is 16.1. The number of aromatic nitrogens is 1. The molecule has 0 aliphatic carbocycles. The SMILES string of the molecule is Cc1ccc(C)c(Nc2ccc(NC(=O)c3cccnc3)cc2)c1. The number of carbonyl (C=O) groups excluding carboxylic acids is 1. The molecule has 0 fully saturated rings. The molecule has 0 spiro atoms. The summed E-state index contributed by atoms with van der Waals surface area (Å²) in [6.07, 6.45) is 3.19. The van der Waals surface area contributed by atoms with Gasteiger partial charge in [0, 0.05) is 29.5 Å². The van der Waals surface area contributed by atoms with Crippen LogP contribution < -0.4 is 10.6 Å². The van der Waals surface area contributed by atoms with Gasteiger partial charge in [0.05, 0.1) is 5.56 Å². The normalized spacial score (nSPS) is 10.2. The van der Waals surface area contributed by atoms with Gasteiger partial charge in [0.25, 0.3) is 5.91 Å². The Bertz CT molecular complexity index is 843. The highest BCUT2D eigenvalue weighted by Crippen LogP contribution is 2.23. The van der Waals surface area contributed by atoms with E-state index in [0.717, 1.165) is 17.1 Å². The highest BCUT2D eigenvalue weighted by Gasteiger charge is 2.06. The van der Waals surface area contributed by atoms with Crippen molar-refractivity contribution in [2.45, 2.75) is 13.8 Å². The first kappa shape index (κ1) is 15.7. The second kappa shape index (κ2) is 6.96. The van der Waals surface area contributed by atoms with Gasteiger partial charge in [-0.25, -0.2) is 0 Å². The molecule has 4 heteroatoms. The number of hydrogen-bond donors (Lipinski definition) is 2. The average Bonchev–Trinajstić information content (AvgIpc) is 2.60. The summed E-state index contributed by atoms with van der Waals surface area (Å²) in [5.74, 6) is -0.168. The van der Waals surface area contributed by atoms with E-state index in [1.807, 2.05) is 24.3 Å². The Morgan fingerprint density at radius 1 is 0.958 bits per heavy atom. The molecule has 0 saturated carbocycles. The van der Waals surface area contributed by atoms with Crippen molar-refractivity contribution in [1.82, 2.24) is 4.98 Å². The van der Waals surface area contributed by atoms with Gasteiger partial charge in [-0.05, 0) is 67.4 Å². The van der Waals surface area contributed by atoms with Crippen molar-refractivity contribution in [2.24, 2.45) is 0 Å². The lowest BCUT2D eigenvalue weighted by molar-refractivity contribution is 0.102. The largest absolute Gasteiger partial charge is 0.355 e. The van der Waals surface area contributed by atoms with Gasteiger partial charge >= 0.3 is 0 Å². The van der Waals surface area contributed by atoms with E-state index in [-0.39, 0.29) is 5.91 Å². The van der Waals surface area contributed by atoms with Crippen molar-refractivity contribution >= 4 is 23.0 Å². The maximum atomic E-state index is 12.1. The highest BCUT2D eigenvalue weighted by molar-refractivity contribution is 6.04. The first-order chi connectivity index (χ1) is 11.6. The Labute approximate surface area is 141 Å². The van der Waals surface area contributed by atoms with E-state index in [2.05, 4.69) is 47.7 Å². The lowest BCUT2D eigenvalue weighted by atomic mass is 10.1. The average molecular weight is 317 g/mol. The van der Waals surface area contributed by atoms with Crippen molar-refractivity contribution in [2.75, 3.05) is 10.6 Å². The number of benzene rings is 2. The minimum Gasteiger partial charge on any atom is -0.355 e. The molecular formula is C20H19N3O. The molecule has 120 valence electrons. The second-order valence-electron chi connectivity index (χ2n) is 5.72. The van der Waals surface area contributed by atoms with Crippen molar-refractivity contribution in [3.8, 4) is 0 Å². The molecule has 24 heavy (non-hydrogen) atoms. The molecule has 3 aromatic rings. The maximum absolute atomic E-state index is 12.1. The third-order valence-electron chi connectivity index (χ3n) is 3.74. The zero-order valence-corrected chi connectivity index (χ0v) is 13.7. The van der Waals surface area contributed by atoms with Crippen LogP contribution in [0, 0.1) is 13.8 Å². The lowest BCUT2D eigenvalue weighted by Gasteiger charge is -2.11. The van der Waals surface area contributed by atoms with Crippen LogP contribution in [0.3, 0.4) is 0 Å². The van der Waals surface area contributed by atoms with Gasteiger partial charge in [0.2, 0.25) is 0 Å². The molecule has 0 saturated heterocycles. The van der Waals surface area contributed by atoms with E-state index in [1.54, 1.807) is 24.5 Å². The zero-order chi connectivity index (χ0) is 16.9. The van der Waals surface area contributed by atoms with E-state index < -0.39 is 0 Å². The smallest absolute Gasteiger partial charge is 0.257 e. The zero-order valence-electron chi connectivity index (χ0n) is 13.7. The molecule has 2 aromatic carbocycles. The first-order valence-electron chi connectivity index (χ1n) is 7.77. The Kier molecular flexibility index (Phi) is 4.57. The number of hydrogen-bond acceptors (Lipinski definition) is 3. The Morgan fingerprint density at radius 3 is 2.42 bits per heavy atom. The van der Waals surface area contributed by atoms with Gasteiger partial charge in [-0.3, -0.25) is 9.78 Å². The predicted octanol–water partition coefficient (Wildman–Crippen LogP) is 4.69. The Morgan fingerprint density at radius 2 is 1.71 bits per heavy atom. The minimum absolute atomic E-state index is 0.168. The van der Waals surface area contributed by atoms with Crippen LogP contribution >= 0.6 is 0 Å². The molecule has 2 N–H and O–H groups in total. The number of carbonyl (C=O) groups is 1. The molecule has 1 amide bonds. The number of amides is 1. The summed E-state index contributed by atoms with van der Waals surface area (Å²) in [6, 6.07) is 17.4. The number of rotatable bonds is 4. The summed E-state index contributed by atoms with van der Waals surface area (Å²) in [5, 5.41) is 6.27. The van der Waals surface area contributed by atoms with Crippen LogP contribution in [-0.2, 0) is 0 Å². The monoisotopic (exact) mass is 317 g/mol. The Hall–Kier alpha value is -3.14. The van der Waals surface area contributed by atoms with E-state index in [4.69, 9.17) is 0 Å². The minimum atomic E-state index is -0.168. The number of nitrogens with zero attached hydrogens (tertiary/aromatic N) is 1. The van der Waals surface area contributed by atoms with E-state index in [0.29, 0.717) is 5.56 Å². The van der Waals surface area contributed by atoms with E-state index >= 15 is 0 Å². The molecule has 3 rings (SSSR count). The maximum Gasteiger partial charge on any atom is 0.257 e. The van der Waals surface area contributed by atoms with Crippen LogP contribution in [0.2, 0.25) is 0 Å². The fraction of sp³-hybridized carbons (Fsp3) is 0.100. The number of anilines is 3. The van der Waals surface area contributed by atoms with Crippen LogP contribution in [0.15, 0.2) is 67.0 Å². The van der Waals surface area contributed by atoms with Gasteiger partial charge in [-0.2, -0.15) is 0 Å². The molecular weight excluding hydrogens is 298 g/mol. The molecule has 0 aliphatic heterocycles. The molecule has 0 unspecified atom stereocenters. The summed E-state index contributed by atoms with van der Waals surface area (Å²) in [6.45, 7) is 4.14. The van der Waals surface area contributed by atoms with Gasteiger partial charge in [-0.15, -0.1) is 0 Å². The predicted molar refractivity (Wildman–Crippen MR) is 97.8 cm³/mol. The number of aryl methyl sites for hydroxylation is 2. The van der Waals surface area contributed by atoms with Crippen LogP contribution in [-0.4, -0.2) is 10.9 Å². The van der Waals surface area contributed by atoms with Gasteiger partial charge in [-0.1, -0.05) is 12.1 Å². The topological polar surface area (TPSA) is 54.0 Å². The second-order valence-corrected chi connectivity index (χ2v) is 5.72. The lowest BCUT2D eigenvalue weighted by Crippen LogP contribution is -2.11. The van der Waals surface area contributed by atoms with Gasteiger partial charge < -0.3 is 10.6 Å². The van der Waals surface area contributed by atoms with Gasteiger partial charge in [0.15, 0.2) is 0 Å². The van der Waals surface area contributed by atoms with Crippen LogP contribution in [0.1, 0.15) is 21.5 Å².